The lowest BCUT2D eigenvalue weighted by Gasteiger charge is -2.24. The zero-order chi connectivity index (χ0) is 11.0. The lowest BCUT2D eigenvalue weighted by Crippen LogP contribution is -2.30. The molecule has 2 heteroatoms. The first-order chi connectivity index (χ1) is 7.13. The summed E-state index contributed by atoms with van der Waals surface area (Å²) in [5.74, 6) is 0.516. The molecule has 1 heterocycles. The summed E-state index contributed by atoms with van der Waals surface area (Å²) in [6.07, 6.45) is 0. The van der Waals surface area contributed by atoms with Crippen molar-refractivity contribution in [3.63, 3.8) is 0 Å². The number of nitrogens with two attached hydrogens (primary N) is 1. The van der Waals surface area contributed by atoms with Crippen LogP contribution in [0.2, 0.25) is 0 Å². The van der Waals surface area contributed by atoms with Gasteiger partial charge < -0.3 is 10.6 Å². The molecule has 0 aliphatic carbocycles. The fourth-order valence-corrected chi connectivity index (χ4v) is 2.39. The Morgan fingerprint density at radius 3 is 2.80 bits per heavy atom. The van der Waals surface area contributed by atoms with Gasteiger partial charge in [-0.05, 0) is 32.4 Å². The van der Waals surface area contributed by atoms with Gasteiger partial charge >= 0.3 is 0 Å². The predicted molar refractivity (Wildman–Crippen MR) is 65.5 cm³/mol. The molecule has 1 aliphatic rings. The molecule has 2 nitrogen and oxygen atoms in total. The van der Waals surface area contributed by atoms with Gasteiger partial charge in [0.25, 0.3) is 0 Å². The first kappa shape index (κ1) is 10.5. The second kappa shape index (κ2) is 3.86. The second-order valence-electron chi connectivity index (χ2n) is 4.74. The summed E-state index contributed by atoms with van der Waals surface area (Å²) in [5.41, 5.74) is 9.98. The number of benzene rings is 1. The molecule has 1 aromatic carbocycles. The molecule has 0 spiro atoms. The molecule has 1 atom stereocenters. The Morgan fingerprint density at radius 2 is 2.20 bits per heavy atom. The lowest BCUT2D eigenvalue weighted by molar-refractivity contribution is 0.647. The molecule has 0 fully saturated rings. The van der Waals surface area contributed by atoms with Crippen LogP contribution in [-0.4, -0.2) is 19.1 Å². The average molecular weight is 204 g/mol. The van der Waals surface area contributed by atoms with Crippen LogP contribution in [0, 0.1) is 6.92 Å². The summed E-state index contributed by atoms with van der Waals surface area (Å²) in [7, 11) is 0. The highest BCUT2D eigenvalue weighted by atomic mass is 15.2. The molecule has 0 aromatic heterocycles. The van der Waals surface area contributed by atoms with Crippen molar-refractivity contribution in [2.75, 3.05) is 18.0 Å². The molecular formula is C13H20N2. The van der Waals surface area contributed by atoms with Crippen LogP contribution in [0.25, 0.3) is 0 Å². The number of fused-ring (bicyclic) bond motifs is 1. The molecule has 1 aliphatic heterocycles. The molecule has 1 unspecified atom stereocenters. The molecule has 1 aromatic rings. The third-order valence-corrected chi connectivity index (χ3v) is 3.26. The van der Waals surface area contributed by atoms with E-state index in [1.54, 1.807) is 0 Å². The zero-order valence-corrected chi connectivity index (χ0v) is 9.83. The standard InChI is InChI=1S/C13H20N2/c1-9(2)15-8-11(7-14)12-6-10(3)4-5-13(12)15/h4-6,9,11H,7-8,14H2,1-3H3. The van der Waals surface area contributed by atoms with Gasteiger partial charge in [0.1, 0.15) is 0 Å². The van der Waals surface area contributed by atoms with E-state index in [1.165, 1.54) is 16.8 Å². The largest absolute Gasteiger partial charge is 0.368 e. The minimum absolute atomic E-state index is 0.516. The molecule has 15 heavy (non-hydrogen) atoms. The van der Waals surface area contributed by atoms with Crippen molar-refractivity contribution in [3.8, 4) is 0 Å². The van der Waals surface area contributed by atoms with E-state index in [9.17, 15) is 0 Å². The fourth-order valence-electron chi connectivity index (χ4n) is 2.39. The maximum atomic E-state index is 5.83. The van der Waals surface area contributed by atoms with Crippen LogP contribution in [0.1, 0.15) is 30.9 Å². The predicted octanol–water partition coefficient (Wildman–Crippen LogP) is 2.27. The summed E-state index contributed by atoms with van der Waals surface area (Å²) >= 11 is 0. The highest BCUT2D eigenvalue weighted by Crippen LogP contribution is 2.37. The van der Waals surface area contributed by atoms with Crippen molar-refractivity contribution in [2.45, 2.75) is 32.7 Å². The maximum absolute atomic E-state index is 5.83. The molecule has 0 amide bonds. The van der Waals surface area contributed by atoms with Crippen molar-refractivity contribution >= 4 is 5.69 Å². The Morgan fingerprint density at radius 1 is 1.47 bits per heavy atom. The monoisotopic (exact) mass is 204 g/mol. The minimum Gasteiger partial charge on any atom is -0.368 e. The quantitative estimate of drug-likeness (QED) is 0.800. The first-order valence-corrected chi connectivity index (χ1v) is 5.70. The van der Waals surface area contributed by atoms with Crippen LogP contribution in [-0.2, 0) is 0 Å². The normalized spacial score (nSPS) is 19.8. The van der Waals surface area contributed by atoms with Crippen LogP contribution < -0.4 is 10.6 Å². The van der Waals surface area contributed by atoms with Gasteiger partial charge in [-0.3, -0.25) is 0 Å². The smallest absolute Gasteiger partial charge is 0.0405 e. The molecule has 2 rings (SSSR count). The number of nitrogens with zero attached hydrogens (tertiary/aromatic N) is 1. The lowest BCUT2D eigenvalue weighted by atomic mass is 10.00. The summed E-state index contributed by atoms with van der Waals surface area (Å²) in [5, 5.41) is 0. The maximum Gasteiger partial charge on any atom is 0.0405 e. The molecule has 0 saturated carbocycles. The highest BCUT2D eigenvalue weighted by Gasteiger charge is 2.28. The van der Waals surface area contributed by atoms with Gasteiger partial charge in [-0.15, -0.1) is 0 Å². The number of rotatable bonds is 2. The van der Waals surface area contributed by atoms with Crippen molar-refractivity contribution < 1.29 is 0 Å². The van der Waals surface area contributed by atoms with Crippen molar-refractivity contribution in [3.05, 3.63) is 29.3 Å². The number of anilines is 1. The van der Waals surface area contributed by atoms with Gasteiger partial charge in [0.2, 0.25) is 0 Å². The third kappa shape index (κ3) is 1.74. The van der Waals surface area contributed by atoms with Gasteiger partial charge in [-0.2, -0.15) is 0 Å². The molecule has 82 valence electrons. The SMILES string of the molecule is Cc1ccc2c(c1)C(CN)CN2C(C)C. The molecule has 0 radical (unpaired) electrons. The van der Waals surface area contributed by atoms with Gasteiger partial charge in [0.15, 0.2) is 0 Å². The van der Waals surface area contributed by atoms with Crippen LogP contribution in [0.15, 0.2) is 18.2 Å². The summed E-state index contributed by atoms with van der Waals surface area (Å²) in [6.45, 7) is 8.45. The van der Waals surface area contributed by atoms with E-state index in [0.717, 1.165) is 13.1 Å². The number of hydrogen-bond acceptors (Lipinski definition) is 2. The highest BCUT2D eigenvalue weighted by molar-refractivity contribution is 5.61. The van der Waals surface area contributed by atoms with Crippen molar-refractivity contribution in [1.29, 1.82) is 0 Å². The van der Waals surface area contributed by atoms with Crippen LogP contribution in [0.3, 0.4) is 0 Å². The average Bonchev–Trinajstić information content (AvgIpc) is 2.55. The molecule has 0 bridgehead atoms. The Bertz CT molecular complexity index is 358. The summed E-state index contributed by atoms with van der Waals surface area (Å²) in [6, 6.07) is 7.27. The number of hydrogen-bond donors (Lipinski definition) is 1. The Hall–Kier alpha value is -1.02. The number of aryl methyl sites for hydroxylation is 1. The first-order valence-electron chi connectivity index (χ1n) is 5.70. The van der Waals surface area contributed by atoms with E-state index in [4.69, 9.17) is 5.73 Å². The van der Waals surface area contributed by atoms with E-state index in [1.807, 2.05) is 0 Å². The van der Waals surface area contributed by atoms with Crippen LogP contribution >= 0.6 is 0 Å². The molecular weight excluding hydrogens is 184 g/mol. The van der Waals surface area contributed by atoms with Crippen LogP contribution in [0.5, 0.6) is 0 Å². The molecule has 2 N–H and O–H groups in total. The van der Waals surface area contributed by atoms with E-state index < -0.39 is 0 Å². The Labute approximate surface area is 92.1 Å². The Balaban J connectivity index is 2.43. The van der Waals surface area contributed by atoms with E-state index in [0.29, 0.717) is 12.0 Å². The van der Waals surface area contributed by atoms with Gasteiger partial charge in [-0.1, -0.05) is 17.7 Å². The minimum atomic E-state index is 0.516. The Kier molecular flexibility index (Phi) is 2.70. The van der Waals surface area contributed by atoms with Gasteiger partial charge in [0, 0.05) is 30.7 Å². The van der Waals surface area contributed by atoms with Gasteiger partial charge in [0.05, 0.1) is 0 Å². The van der Waals surface area contributed by atoms with Crippen molar-refractivity contribution in [1.82, 2.24) is 0 Å². The van der Waals surface area contributed by atoms with Crippen LogP contribution in [0.4, 0.5) is 5.69 Å². The summed E-state index contributed by atoms with van der Waals surface area (Å²) in [4.78, 5) is 2.45. The topological polar surface area (TPSA) is 29.3 Å². The fraction of sp³-hybridized carbons (Fsp3) is 0.538. The van der Waals surface area contributed by atoms with Crippen molar-refractivity contribution in [2.24, 2.45) is 5.73 Å². The summed E-state index contributed by atoms with van der Waals surface area (Å²) < 4.78 is 0. The van der Waals surface area contributed by atoms with E-state index in [-0.39, 0.29) is 0 Å². The second-order valence-corrected chi connectivity index (χ2v) is 4.74. The van der Waals surface area contributed by atoms with E-state index >= 15 is 0 Å². The van der Waals surface area contributed by atoms with E-state index in [2.05, 4.69) is 43.9 Å². The third-order valence-electron chi connectivity index (χ3n) is 3.26. The zero-order valence-electron chi connectivity index (χ0n) is 9.83. The molecule has 0 saturated heterocycles. The van der Waals surface area contributed by atoms with Gasteiger partial charge in [-0.25, -0.2) is 0 Å².